The van der Waals surface area contributed by atoms with Crippen molar-refractivity contribution < 1.29 is 4.79 Å². The molecule has 0 aliphatic rings. The van der Waals surface area contributed by atoms with Crippen LogP contribution < -0.4 is 11.5 Å². The maximum atomic E-state index is 10.8. The van der Waals surface area contributed by atoms with Crippen LogP contribution in [-0.2, 0) is 4.79 Å². The van der Waals surface area contributed by atoms with Crippen LogP contribution in [0.3, 0.4) is 0 Å². The molecule has 0 aliphatic carbocycles. The highest BCUT2D eigenvalue weighted by Gasteiger charge is 2.03. The third-order valence-electron chi connectivity index (χ3n) is 2.16. The van der Waals surface area contributed by atoms with E-state index in [9.17, 15) is 4.79 Å². The smallest absolute Gasteiger partial charge is 0.243 e. The summed E-state index contributed by atoms with van der Waals surface area (Å²) in [4.78, 5) is 12.9. The molecule has 1 atom stereocenters. The molecule has 0 spiro atoms. The first kappa shape index (κ1) is 19.9. The monoisotopic (exact) mass is 237 g/mol. The maximum absolute atomic E-state index is 10.8. The second-order valence-electron chi connectivity index (χ2n) is 3.45. The summed E-state index contributed by atoms with van der Waals surface area (Å²) in [5.74, 6) is -0.0856. The van der Waals surface area contributed by atoms with Crippen LogP contribution in [0.5, 0.6) is 0 Å². The van der Waals surface area contributed by atoms with Gasteiger partial charge >= 0.3 is 0 Å². The van der Waals surface area contributed by atoms with E-state index in [2.05, 4.69) is 37.8 Å². The molecule has 0 aromatic rings. The van der Waals surface area contributed by atoms with Crippen molar-refractivity contribution in [1.82, 2.24) is 16.4 Å². The van der Waals surface area contributed by atoms with Gasteiger partial charge in [0.2, 0.25) is 5.91 Å². The molecule has 15 heavy (non-hydrogen) atoms. The molecule has 5 heteroatoms. The molecule has 1 amide bonds. The molecule has 0 aromatic heterocycles. The van der Waals surface area contributed by atoms with Crippen molar-refractivity contribution in [3.63, 3.8) is 0 Å². The van der Waals surface area contributed by atoms with Crippen molar-refractivity contribution in [1.29, 1.82) is 0 Å². The second-order valence-corrected chi connectivity index (χ2v) is 3.45. The lowest BCUT2D eigenvalue weighted by Gasteiger charge is -2.19. The summed E-state index contributed by atoms with van der Waals surface area (Å²) in [5.41, 5.74) is 0. The van der Waals surface area contributed by atoms with Gasteiger partial charge < -0.3 is 16.4 Å². The SMILES string of the molecule is C=CC(=O)NCCCC(C)N(C)C.Cl.N. The fraction of sp³-hybridized carbons (Fsp3) is 0.700. The van der Waals surface area contributed by atoms with Gasteiger partial charge in [0, 0.05) is 12.6 Å². The molecule has 1 unspecified atom stereocenters. The molecule has 0 saturated carbocycles. The first-order chi connectivity index (χ1) is 6.07. The lowest BCUT2D eigenvalue weighted by Crippen LogP contribution is -2.27. The van der Waals surface area contributed by atoms with E-state index in [0.29, 0.717) is 6.04 Å². The van der Waals surface area contributed by atoms with E-state index in [1.807, 2.05) is 0 Å². The van der Waals surface area contributed by atoms with Crippen molar-refractivity contribution in [2.75, 3.05) is 20.6 Å². The number of nitrogens with one attached hydrogen (secondary N) is 1. The zero-order valence-electron chi connectivity index (χ0n) is 9.95. The molecule has 4 nitrogen and oxygen atoms in total. The zero-order chi connectivity index (χ0) is 10.3. The average Bonchev–Trinajstić information content (AvgIpc) is 2.11. The van der Waals surface area contributed by atoms with Crippen LogP contribution in [0.1, 0.15) is 19.8 Å². The largest absolute Gasteiger partial charge is 0.353 e. The summed E-state index contributed by atoms with van der Waals surface area (Å²) in [5, 5.41) is 2.75. The molecule has 0 radical (unpaired) electrons. The van der Waals surface area contributed by atoms with Gasteiger partial charge in [0.15, 0.2) is 0 Å². The van der Waals surface area contributed by atoms with Gasteiger partial charge in [0.25, 0.3) is 0 Å². The van der Waals surface area contributed by atoms with Gasteiger partial charge in [0.1, 0.15) is 0 Å². The number of carbonyl (C=O) groups excluding carboxylic acids is 1. The molecule has 0 fully saturated rings. The lowest BCUT2D eigenvalue weighted by molar-refractivity contribution is -0.116. The van der Waals surface area contributed by atoms with Crippen LogP contribution in [-0.4, -0.2) is 37.5 Å². The first-order valence-corrected chi connectivity index (χ1v) is 4.64. The number of amides is 1. The van der Waals surface area contributed by atoms with E-state index in [1.165, 1.54) is 6.08 Å². The molecule has 0 rings (SSSR count). The van der Waals surface area contributed by atoms with Crippen LogP contribution in [0, 0.1) is 0 Å². The minimum absolute atomic E-state index is 0. The standard InChI is InChI=1S/C10H20N2O.ClH.H3N/c1-5-10(13)11-8-6-7-9(2)12(3)4;;/h5,9H,1,6-8H2,2-4H3,(H,11,13);1H;1H3. The highest BCUT2D eigenvalue weighted by Crippen LogP contribution is 2.00. The molecule has 4 N–H and O–H groups in total. The fourth-order valence-corrected chi connectivity index (χ4v) is 0.939. The summed E-state index contributed by atoms with van der Waals surface area (Å²) in [6.45, 7) is 6.30. The van der Waals surface area contributed by atoms with Gasteiger partial charge in [-0.25, -0.2) is 0 Å². The van der Waals surface area contributed by atoms with E-state index in [-0.39, 0.29) is 24.5 Å². The van der Waals surface area contributed by atoms with Crippen LogP contribution in [0.4, 0.5) is 0 Å². The van der Waals surface area contributed by atoms with Crippen LogP contribution >= 0.6 is 12.4 Å². The number of halogens is 1. The van der Waals surface area contributed by atoms with Crippen molar-refractivity contribution in [2.45, 2.75) is 25.8 Å². The number of hydrogen-bond donors (Lipinski definition) is 2. The summed E-state index contributed by atoms with van der Waals surface area (Å²) in [6, 6.07) is 0.570. The van der Waals surface area contributed by atoms with Crippen LogP contribution in [0.25, 0.3) is 0 Å². The Hall–Kier alpha value is -0.580. The Balaban J connectivity index is -0.000000720. The Morgan fingerprint density at radius 1 is 1.53 bits per heavy atom. The predicted molar refractivity (Wildman–Crippen MR) is 67.9 cm³/mol. The van der Waals surface area contributed by atoms with Gasteiger partial charge in [-0.2, -0.15) is 0 Å². The summed E-state index contributed by atoms with van der Waals surface area (Å²) < 4.78 is 0. The van der Waals surface area contributed by atoms with Gasteiger partial charge in [0.05, 0.1) is 0 Å². The number of rotatable bonds is 6. The van der Waals surface area contributed by atoms with Crippen molar-refractivity contribution >= 4 is 18.3 Å². The molecule has 0 aromatic carbocycles. The number of carbonyl (C=O) groups is 1. The minimum Gasteiger partial charge on any atom is -0.353 e. The van der Waals surface area contributed by atoms with Gasteiger partial charge in [-0.15, -0.1) is 12.4 Å². The van der Waals surface area contributed by atoms with Gasteiger partial charge in [-0.05, 0) is 39.9 Å². The third kappa shape index (κ3) is 11.3. The molecular formula is C10H24ClN3O. The normalized spacial score (nSPS) is 10.9. The highest BCUT2D eigenvalue weighted by atomic mass is 35.5. The predicted octanol–water partition coefficient (Wildman–Crippen LogP) is 1.60. The lowest BCUT2D eigenvalue weighted by atomic mass is 10.1. The molecule has 0 bridgehead atoms. The Labute approximate surface area is 99.1 Å². The fourth-order valence-electron chi connectivity index (χ4n) is 0.939. The van der Waals surface area contributed by atoms with E-state index in [4.69, 9.17) is 0 Å². The van der Waals surface area contributed by atoms with E-state index >= 15 is 0 Å². The van der Waals surface area contributed by atoms with Crippen molar-refractivity contribution in [3.05, 3.63) is 12.7 Å². The third-order valence-corrected chi connectivity index (χ3v) is 2.16. The summed E-state index contributed by atoms with van der Waals surface area (Å²) >= 11 is 0. The van der Waals surface area contributed by atoms with Crippen molar-refractivity contribution in [3.8, 4) is 0 Å². The topological polar surface area (TPSA) is 67.3 Å². The van der Waals surface area contributed by atoms with Crippen LogP contribution in [0.2, 0.25) is 0 Å². The highest BCUT2D eigenvalue weighted by molar-refractivity contribution is 5.86. The van der Waals surface area contributed by atoms with Crippen molar-refractivity contribution in [2.24, 2.45) is 0 Å². The quantitative estimate of drug-likeness (QED) is 0.545. The van der Waals surface area contributed by atoms with E-state index in [0.717, 1.165) is 19.4 Å². The molecule has 0 saturated heterocycles. The Morgan fingerprint density at radius 3 is 2.47 bits per heavy atom. The average molecular weight is 238 g/mol. The Kier molecular flexibility index (Phi) is 15.3. The van der Waals surface area contributed by atoms with Gasteiger partial charge in [-0.3, -0.25) is 4.79 Å². The molecule has 92 valence electrons. The second kappa shape index (κ2) is 11.5. The maximum Gasteiger partial charge on any atom is 0.243 e. The van der Waals surface area contributed by atoms with Crippen LogP contribution in [0.15, 0.2) is 12.7 Å². The summed E-state index contributed by atoms with van der Waals surface area (Å²) in [6.07, 6.45) is 3.42. The number of nitrogens with zero attached hydrogens (tertiary/aromatic N) is 1. The number of hydrogen-bond acceptors (Lipinski definition) is 3. The summed E-state index contributed by atoms with van der Waals surface area (Å²) in [7, 11) is 4.12. The zero-order valence-corrected chi connectivity index (χ0v) is 10.8. The van der Waals surface area contributed by atoms with Gasteiger partial charge in [-0.1, -0.05) is 6.58 Å². The molecule has 0 heterocycles. The molecule has 0 aliphatic heterocycles. The van der Waals surface area contributed by atoms with E-state index in [1.54, 1.807) is 0 Å². The first-order valence-electron chi connectivity index (χ1n) is 4.64. The molecular weight excluding hydrogens is 214 g/mol. The minimum atomic E-state index is -0.0856. The Bertz CT molecular complexity index is 174. The Morgan fingerprint density at radius 2 is 2.07 bits per heavy atom. The van der Waals surface area contributed by atoms with E-state index < -0.39 is 0 Å².